The van der Waals surface area contributed by atoms with E-state index in [1.807, 2.05) is 19.3 Å². The lowest BCUT2D eigenvalue weighted by atomic mass is 10.1. The highest BCUT2D eigenvalue weighted by Gasteiger charge is 2.18. The Morgan fingerprint density at radius 1 is 0.909 bits per heavy atom. The Balaban J connectivity index is 1.68. The van der Waals surface area contributed by atoms with E-state index in [4.69, 9.17) is 0 Å². The molecule has 0 N–H and O–H groups in total. The van der Waals surface area contributed by atoms with Gasteiger partial charge in [0.1, 0.15) is 0 Å². The van der Waals surface area contributed by atoms with Gasteiger partial charge in [0.05, 0.1) is 0 Å². The maximum Gasteiger partial charge on any atom is 0.159 e. The maximum atomic E-state index is 4.39. The van der Waals surface area contributed by atoms with Gasteiger partial charge in [-0.25, -0.2) is 9.97 Å². The summed E-state index contributed by atoms with van der Waals surface area (Å²) in [6.07, 6.45) is 3.72. The Hall–Kier alpha value is -1.94. The van der Waals surface area contributed by atoms with E-state index < -0.39 is 0 Å². The summed E-state index contributed by atoms with van der Waals surface area (Å²) in [6, 6.07) is 9.25. The van der Waals surface area contributed by atoms with Crippen molar-refractivity contribution in [2.75, 3.05) is 31.1 Å². The molecule has 0 unspecified atom stereocenters. The highest BCUT2D eigenvalue weighted by Crippen LogP contribution is 2.22. The van der Waals surface area contributed by atoms with Gasteiger partial charge in [-0.15, -0.1) is 0 Å². The minimum Gasteiger partial charge on any atom is -0.369 e. The lowest BCUT2D eigenvalue weighted by Crippen LogP contribution is -2.48. The van der Waals surface area contributed by atoms with E-state index in [0.29, 0.717) is 6.04 Å². The third-order valence-electron chi connectivity index (χ3n) is 4.32. The molecule has 0 radical (unpaired) electrons. The van der Waals surface area contributed by atoms with Gasteiger partial charge in [-0.2, -0.15) is 0 Å². The van der Waals surface area contributed by atoms with Crippen molar-refractivity contribution in [1.29, 1.82) is 0 Å². The topological polar surface area (TPSA) is 32.3 Å². The third kappa shape index (κ3) is 3.28. The fourth-order valence-electron chi connectivity index (χ4n) is 2.86. The molecule has 0 atom stereocenters. The van der Waals surface area contributed by atoms with Crippen LogP contribution in [0.15, 0.2) is 36.7 Å². The fraction of sp³-hybridized carbons (Fsp3) is 0.444. The van der Waals surface area contributed by atoms with E-state index in [1.54, 1.807) is 0 Å². The van der Waals surface area contributed by atoms with Crippen molar-refractivity contribution in [2.45, 2.75) is 26.8 Å². The van der Waals surface area contributed by atoms with Crippen molar-refractivity contribution in [3.8, 4) is 11.4 Å². The summed E-state index contributed by atoms with van der Waals surface area (Å²) in [4.78, 5) is 13.8. The predicted molar refractivity (Wildman–Crippen MR) is 91.1 cm³/mol. The second-order valence-corrected chi connectivity index (χ2v) is 6.25. The van der Waals surface area contributed by atoms with E-state index in [1.165, 1.54) is 5.69 Å². The van der Waals surface area contributed by atoms with Crippen LogP contribution >= 0.6 is 0 Å². The zero-order valence-electron chi connectivity index (χ0n) is 13.7. The van der Waals surface area contributed by atoms with Crippen LogP contribution in [0.3, 0.4) is 0 Å². The SMILES string of the molecule is Cc1cnc(-c2ccc(N3CCN(C(C)C)CC3)cc2)nc1. The molecule has 1 aliphatic heterocycles. The van der Waals surface area contributed by atoms with Crippen LogP contribution in [0.4, 0.5) is 5.69 Å². The Kier molecular flexibility index (Phi) is 4.39. The normalized spacial score (nSPS) is 16.3. The predicted octanol–water partition coefficient (Wildman–Crippen LogP) is 2.98. The van der Waals surface area contributed by atoms with Gasteiger partial charge in [-0.1, -0.05) is 0 Å². The van der Waals surface area contributed by atoms with Gasteiger partial charge in [-0.3, -0.25) is 4.90 Å². The van der Waals surface area contributed by atoms with E-state index in [0.717, 1.165) is 43.1 Å². The Morgan fingerprint density at radius 3 is 2.05 bits per heavy atom. The second kappa shape index (κ2) is 6.44. The largest absolute Gasteiger partial charge is 0.369 e. The maximum absolute atomic E-state index is 4.39. The lowest BCUT2D eigenvalue weighted by molar-refractivity contribution is 0.209. The first-order valence-electron chi connectivity index (χ1n) is 8.01. The molecule has 0 spiro atoms. The van der Waals surface area contributed by atoms with Crippen LogP contribution in [0, 0.1) is 6.92 Å². The van der Waals surface area contributed by atoms with E-state index in [-0.39, 0.29) is 0 Å². The molecule has 1 aromatic carbocycles. The molecule has 2 heterocycles. The smallest absolute Gasteiger partial charge is 0.159 e. The number of hydrogen-bond acceptors (Lipinski definition) is 4. The van der Waals surface area contributed by atoms with Crippen molar-refractivity contribution in [1.82, 2.24) is 14.9 Å². The summed E-state index contributed by atoms with van der Waals surface area (Å²) in [5.41, 5.74) is 3.45. The van der Waals surface area contributed by atoms with Crippen LogP contribution in [0.1, 0.15) is 19.4 Å². The van der Waals surface area contributed by atoms with Gasteiger partial charge >= 0.3 is 0 Å². The molecular formula is C18H24N4. The highest BCUT2D eigenvalue weighted by atomic mass is 15.3. The molecular weight excluding hydrogens is 272 g/mol. The van der Waals surface area contributed by atoms with E-state index >= 15 is 0 Å². The summed E-state index contributed by atoms with van der Waals surface area (Å²) in [5.74, 6) is 0.793. The number of rotatable bonds is 3. The van der Waals surface area contributed by atoms with Gasteiger partial charge in [0.15, 0.2) is 5.82 Å². The quantitative estimate of drug-likeness (QED) is 0.871. The number of nitrogens with zero attached hydrogens (tertiary/aromatic N) is 4. The lowest BCUT2D eigenvalue weighted by Gasteiger charge is -2.38. The average Bonchev–Trinajstić information content (AvgIpc) is 2.56. The molecule has 3 rings (SSSR count). The van der Waals surface area contributed by atoms with Gasteiger partial charge in [0.25, 0.3) is 0 Å². The molecule has 0 aliphatic carbocycles. The average molecular weight is 296 g/mol. The van der Waals surface area contributed by atoms with Gasteiger partial charge < -0.3 is 4.90 Å². The first-order chi connectivity index (χ1) is 10.6. The Morgan fingerprint density at radius 2 is 1.50 bits per heavy atom. The van der Waals surface area contributed by atoms with Gasteiger partial charge in [0.2, 0.25) is 0 Å². The number of piperazine rings is 1. The van der Waals surface area contributed by atoms with Crippen molar-refractivity contribution < 1.29 is 0 Å². The van der Waals surface area contributed by atoms with Crippen LogP contribution in [0.25, 0.3) is 11.4 Å². The molecule has 22 heavy (non-hydrogen) atoms. The Bertz CT molecular complexity index is 596. The minimum absolute atomic E-state index is 0.642. The van der Waals surface area contributed by atoms with Gasteiger partial charge in [-0.05, 0) is 50.6 Å². The second-order valence-electron chi connectivity index (χ2n) is 6.25. The molecule has 4 nitrogen and oxygen atoms in total. The van der Waals surface area contributed by atoms with Crippen molar-refractivity contribution in [3.05, 3.63) is 42.2 Å². The monoisotopic (exact) mass is 296 g/mol. The summed E-state index contributed by atoms with van der Waals surface area (Å²) in [5, 5.41) is 0. The first-order valence-corrected chi connectivity index (χ1v) is 8.01. The van der Waals surface area contributed by atoms with Gasteiger partial charge in [0, 0.05) is 55.9 Å². The molecule has 0 saturated carbocycles. The van der Waals surface area contributed by atoms with Crippen LogP contribution in [-0.2, 0) is 0 Å². The molecule has 1 saturated heterocycles. The van der Waals surface area contributed by atoms with Crippen LogP contribution in [0.2, 0.25) is 0 Å². The highest BCUT2D eigenvalue weighted by molar-refractivity contribution is 5.60. The zero-order valence-corrected chi connectivity index (χ0v) is 13.7. The van der Waals surface area contributed by atoms with E-state index in [2.05, 4.69) is 57.9 Å². The standard InChI is InChI=1S/C18H24N4/c1-14(2)21-8-10-22(11-9-21)17-6-4-16(5-7-17)18-19-12-15(3)13-20-18/h4-7,12-14H,8-11H2,1-3H3. The number of aromatic nitrogens is 2. The minimum atomic E-state index is 0.642. The van der Waals surface area contributed by atoms with Crippen LogP contribution in [0.5, 0.6) is 0 Å². The van der Waals surface area contributed by atoms with Crippen molar-refractivity contribution >= 4 is 5.69 Å². The number of aryl methyl sites for hydroxylation is 1. The fourth-order valence-corrected chi connectivity index (χ4v) is 2.86. The summed E-state index contributed by atoms with van der Waals surface area (Å²) >= 11 is 0. The molecule has 1 aliphatic rings. The third-order valence-corrected chi connectivity index (χ3v) is 4.32. The molecule has 4 heteroatoms. The molecule has 1 aromatic heterocycles. The molecule has 0 bridgehead atoms. The van der Waals surface area contributed by atoms with Crippen molar-refractivity contribution in [2.24, 2.45) is 0 Å². The summed E-state index contributed by atoms with van der Waals surface area (Å²) < 4.78 is 0. The Labute approximate surface area is 132 Å². The first kappa shape index (κ1) is 15.0. The number of hydrogen-bond donors (Lipinski definition) is 0. The van der Waals surface area contributed by atoms with Crippen LogP contribution in [-0.4, -0.2) is 47.1 Å². The molecule has 1 fully saturated rings. The number of anilines is 1. The summed E-state index contributed by atoms with van der Waals surface area (Å²) in [7, 11) is 0. The van der Waals surface area contributed by atoms with Crippen molar-refractivity contribution in [3.63, 3.8) is 0 Å². The zero-order chi connectivity index (χ0) is 15.5. The number of benzene rings is 1. The molecule has 2 aromatic rings. The summed E-state index contributed by atoms with van der Waals surface area (Å²) in [6.45, 7) is 11.0. The molecule has 116 valence electrons. The van der Waals surface area contributed by atoms with Crippen LogP contribution < -0.4 is 4.90 Å². The molecule has 0 amide bonds. The van der Waals surface area contributed by atoms with E-state index in [9.17, 15) is 0 Å².